The summed E-state index contributed by atoms with van der Waals surface area (Å²) in [7, 11) is 0. The van der Waals surface area contributed by atoms with Gasteiger partial charge in [0.05, 0.1) is 11.4 Å². The van der Waals surface area contributed by atoms with Crippen LogP contribution in [-0.4, -0.2) is 41.3 Å². The predicted octanol–water partition coefficient (Wildman–Crippen LogP) is 4.13. The summed E-state index contributed by atoms with van der Waals surface area (Å²) in [6, 6.07) is 8.82. The summed E-state index contributed by atoms with van der Waals surface area (Å²) in [4.78, 5) is 7.00. The second kappa shape index (κ2) is 7.78. The summed E-state index contributed by atoms with van der Waals surface area (Å²) in [6.45, 7) is 8.56. The van der Waals surface area contributed by atoms with Crippen LogP contribution in [-0.2, 0) is 13.0 Å². The highest BCUT2D eigenvalue weighted by Crippen LogP contribution is 2.31. The molecule has 3 aromatic rings. The lowest BCUT2D eigenvalue weighted by Crippen LogP contribution is -2.46. The Hall–Kier alpha value is -2.25. The van der Waals surface area contributed by atoms with E-state index in [1.54, 1.807) is 11.3 Å². The minimum atomic E-state index is -0.198. The topological polar surface area (TPSA) is 45.4 Å². The van der Waals surface area contributed by atoms with E-state index in [0.29, 0.717) is 18.3 Å². The maximum atomic E-state index is 13.1. The van der Waals surface area contributed by atoms with Gasteiger partial charge in [-0.1, -0.05) is 6.92 Å². The number of thiophene rings is 1. The average Bonchev–Trinajstić information content (AvgIpc) is 3.29. The summed E-state index contributed by atoms with van der Waals surface area (Å²) < 4.78 is 19.0. The van der Waals surface area contributed by atoms with Crippen molar-refractivity contribution in [3.8, 4) is 10.8 Å². The van der Waals surface area contributed by atoms with Crippen molar-refractivity contribution < 1.29 is 8.81 Å². The normalized spacial score (nSPS) is 15.4. The Bertz CT molecular complexity index is 897. The molecule has 1 aliphatic rings. The molecule has 4 rings (SSSR count). The molecule has 0 atom stereocenters. The van der Waals surface area contributed by atoms with Gasteiger partial charge < -0.3 is 9.32 Å². The molecule has 0 N–H and O–H groups in total. The zero-order valence-electron chi connectivity index (χ0n) is 15.6. The molecule has 0 bridgehead atoms. The van der Waals surface area contributed by atoms with Crippen molar-refractivity contribution in [2.45, 2.75) is 26.8 Å². The van der Waals surface area contributed by atoms with E-state index in [1.165, 1.54) is 22.6 Å². The fourth-order valence-electron chi connectivity index (χ4n) is 3.40. The number of hydrogen-bond acceptors (Lipinski definition) is 6. The molecule has 2 aromatic heterocycles. The Morgan fingerprint density at radius 1 is 1.11 bits per heavy atom. The van der Waals surface area contributed by atoms with Crippen LogP contribution in [0.5, 0.6) is 0 Å². The van der Waals surface area contributed by atoms with Gasteiger partial charge in [0, 0.05) is 36.7 Å². The number of halogens is 1. The van der Waals surface area contributed by atoms with Crippen molar-refractivity contribution in [2.24, 2.45) is 0 Å². The third-order valence-corrected chi connectivity index (χ3v) is 6.31. The van der Waals surface area contributed by atoms with Crippen LogP contribution in [0.1, 0.15) is 23.3 Å². The number of anilines is 1. The molecule has 1 aliphatic heterocycles. The SMILES string of the molecule is CCc1sc(-c2nnc(CN3CCN(c4ccc(F)cc4)CC3)o2)cc1C. The maximum absolute atomic E-state index is 13.1. The van der Waals surface area contributed by atoms with Crippen molar-refractivity contribution in [1.82, 2.24) is 15.1 Å². The highest BCUT2D eigenvalue weighted by molar-refractivity contribution is 7.15. The summed E-state index contributed by atoms with van der Waals surface area (Å²) >= 11 is 1.73. The van der Waals surface area contributed by atoms with Crippen LogP contribution in [0.15, 0.2) is 34.7 Å². The number of nitrogens with zero attached hydrogens (tertiary/aromatic N) is 4. The summed E-state index contributed by atoms with van der Waals surface area (Å²) in [6.07, 6.45) is 1.02. The lowest BCUT2D eigenvalue weighted by Gasteiger charge is -2.35. The number of rotatable bonds is 5. The van der Waals surface area contributed by atoms with Crippen LogP contribution in [0.2, 0.25) is 0 Å². The van der Waals surface area contributed by atoms with E-state index in [9.17, 15) is 4.39 Å². The van der Waals surface area contributed by atoms with Crippen LogP contribution < -0.4 is 4.90 Å². The Balaban J connectivity index is 1.35. The lowest BCUT2D eigenvalue weighted by molar-refractivity contribution is 0.227. The molecule has 0 spiro atoms. The van der Waals surface area contributed by atoms with Crippen molar-refractivity contribution in [3.63, 3.8) is 0 Å². The second-order valence-electron chi connectivity index (χ2n) is 6.81. The van der Waals surface area contributed by atoms with Gasteiger partial charge in [-0.25, -0.2) is 4.39 Å². The van der Waals surface area contributed by atoms with Crippen LogP contribution >= 0.6 is 11.3 Å². The maximum Gasteiger partial charge on any atom is 0.257 e. The van der Waals surface area contributed by atoms with E-state index in [2.05, 4.69) is 39.9 Å². The largest absolute Gasteiger partial charge is 0.419 e. The Morgan fingerprint density at radius 3 is 2.52 bits per heavy atom. The quantitative estimate of drug-likeness (QED) is 0.660. The van der Waals surface area contributed by atoms with E-state index >= 15 is 0 Å². The van der Waals surface area contributed by atoms with Crippen LogP contribution in [0, 0.1) is 12.7 Å². The molecule has 7 heteroatoms. The number of hydrogen-bond donors (Lipinski definition) is 0. The summed E-state index contributed by atoms with van der Waals surface area (Å²) in [5.74, 6) is 1.07. The predicted molar refractivity (Wildman–Crippen MR) is 106 cm³/mol. The molecule has 5 nitrogen and oxygen atoms in total. The number of piperazine rings is 1. The fourth-order valence-corrected chi connectivity index (χ4v) is 4.44. The standard InChI is InChI=1S/C20H23FN4OS/c1-3-17-14(2)12-18(27-17)20-23-22-19(26-20)13-24-8-10-25(11-9-24)16-6-4-15(21)5-7-16/h4-7,12H,3,8-11,13H2,1-2H3. The molecule has 0 unspecified atom stereocenters. The molecule has 1 fully saturated rings. The Kier molecular flexibility index (Phi) is 5.22. The van der Waals surface area contributed by atoms with Gasteiger partial charge in [-0.05, 0) is 49.2 Å². The van der Waals surface area contributed by atoms with Crippen LogP contribution in [0.3, 0.4) is 0 Å². The van der Waals surface area contributed by atoms with E-state index in [1.807, 2.05) is 12.1 Å². The smallest absolute Gasteiger partial charge is 0.257 e. The first-order valence-corrected chi connectivity index (χ1v) is 10.1. The number of benzene rings is 1. The zero-order chi connectivity index (χ0) is 18.8. The van der Waals surface area contributed by atoms with Gasteiger partial charge in [0.15, 0.2) is 0 Å². The van der Waals surface area contributed by atoms with E-state index in [-0.39, 0.29) is 5.82 Å². The highest BCUT2D eigenvalue weighted by atomic mass is 32.1. The van der Waals surface area contributed by atoms with Crippen molar-refractivity contribution in [1.29, 1.82) is 0 Å². The average molecular weight is 386 g/mol. The van der Waals surface area contributed by atoms with Gasteiger partial charge in [-0.2, -0.15) is 0 Å². The Labute approximate surface area is 162 Å². The molecule has 0 aliphatic carbocycles. The number of aromatic nitrogens is 2. The lowest BCUT2D eigenvalue weighted by atomic mass is 10.2. The molecule has 142 valence electrons. The van der Waals surface area contributed by atoms with E-state index < -0.39 is 0 Å². The first-order chi connectivity index (χ1) is 13.1. The third kappa shape index (κ3) is 4.04. The summed E-state index contributed by atoms with van der Waals surface area (Å²) in [5.41, 5.74) is 2.35. The van der Waals surface area contributed by atoms with Crippen LogP contribution in [0.25, 0.3) is 10.8 Å². The number of aryl methyl sites for hydroxylation is 2. The highest BCUT2D eigenvalue weighted by Gasteiger charge is 2.20. The molecule has 3 heterocycles. The Morgan fingerprint density at radius 2 is 1.85 bits per heavy atom. The first kappa shape index (κ1) is 18.1. The monoisotopic (exact) mass is 386 g/mol. The van der Waals surface area contributed by atoms with Gasteiger partial charge in [-0.15, -0.1) is 21.5 Å². The fraction of sp³-hybridized carbons (Fsp3) is 0.400. The first-order valence-electron chi connectivity index (χ1n) is 9.27. The third-order valence-electron chi connectivity index (χ3n) is 4.94. The second-order valence-corrected chi connectivity index (χ2v) is 7.95. The van der Waals surface area contributed by atoms with Crippen molar-refractivity contribution in [3.05, 3.63) is 52.5 Å². The molecule has 0 amide bonds. The molecule has 1 aromatic carbocycles. The van der Waals surface area contributed by atoms with Crippen molar-refractivity contribution in [2.75, 3.05) is 31.1 Å². The molecule has 0 saturated carbocycles. The summed E-state index contributed by atoms with van der Waals surface area (Å²) in [5, 5.41) is 8.46. The van der Waals surface area contributed by atoms with E-state index in [4.69, 9.17) is 4.42 Å². The minimum absolute atomic E-state index is 0.198. The van der Waals surface area contributed by atoms with Gasteiger partial charge in [-0.3, -0.25) is 4.90 Å². The van der Waals surface area contributed by atoms with Crippen LogP contribution in [0.4, 0.5) is 10.1 Å². The molecule has 1 saturated heterocycles. The van der Waals surface area contributed by atoms with Crippen molar-refractivity contribution >= 4 is 17.0 Å². The van der Waals surface area contributed by atoms with Gasteiger partial charge in [0.25, 0.3) is 5.89 Å². The van der Waals surface area contributed by atoms with Gasteiger partial charge >= 0.3 is 0 Å². The molecular weight excluding hydrogens is 363 g/mol. The molecule has 27 heavy (non-hydrogen) atoms. The minimum Gasteiger partial charge on any atom is -0.419 e. The van der Waals surface area contributed by atoms with Gasteiger partial charge in [0.1, 0.15) is 5.82 Å². The van der Waals surface area contributed by atoms with E-state index in [0.717, 1.165) is 43.2 Å². The molecular formula is C20H23FN4OS. The molecule has 0 radical (unpaired) electrons. The zero-order valence-corrected chi connectivity index (χ0v) is 16.4. The van der Waals surface area contributed by atoms with Gasteiger partial charge in [0.2, 0.25) is 5.89 Å².